The van der Waals surface area contributed by atoms with Crippen molar-refractivity contribution in [3.8, 4) is 0 Å². The number of ether oxygens (including phenoxy) is 3. The molecule has 3 nitrogen and oxygen atoms in total. The molecule has 0 radical (unpaired) electrons. The topological polar surface area (TPSA) is 27.7 Å². The lowest BCUT2D eigenvalue weighted by molar-refractivity contribution is -0.0318. The van der Waals surface area contributed by atoms with Crippen molar-refractivity contribution in [1.29, 1.82) is 0 Å². The first-order chi connectivity index (χ1) is 7.00. The van der Waals surface area contributed by atoms with Crippen molar-refractivity contribution < 1.29 is 14.2 Å². The van der Waals surface area contributed by atoms with Crippen LogP contribution in [-0.4, -0.2) is 33.2 Å². The maximum atomic E-state index is 5.19. The van der Waals surface area contributed by atoms with Gasteiger partial charge in [0.2, 0.25) is 0 Å². The van der Waals surface area contributed by atoms with Gasteiger partial charge in [-0.2, -0.15) is 0 Å². The van der Waals surface area contributed by atoms with E-state index in [0.29, 0.717) is 6.79 Å². The second-order valence-electron chi connectivity index (χ2n) is 3.67. The zero-order valence-corrected chi connectivity index (χ0v) is 9.00. The van der Waals surface area contributed by atoms with Gasteiger partial charge in [0.15, 0.2) is 0 Å². The van der Waals surface area contributed by atoms with Crippen LogP contribution in [0.15, 0.2) is 0 Å². The molecule has 0 aliphatic carbocycles. The molecule has 0 atom stereocenters. The first-order valence-electron chi connectivity index (χ1n) is 5.73. The van der Waals surface area contributed by atoms with Crippen LogP contribution >= 0.6 is 0 Å². The smallest absolute Gasteiger partial charge is 0.146 e. The quantitative estimate of drug-likeness (QED) is 0.603. The maximum absolute atomic E-state index is 5.19. The summed E-state index contributed by atoms with van der Waals surface area (Å²) < 4.78 is 15.1. The standard InChI is InChI=1S/C6H12O.C5H10O2/c1-2-4-6-7-5-3-1;1-2-4-7-5-6-3-1/h1-6H2;1-5H2. The number of rotatable bonds is 0. The zero-order chi connectivity index (χ0) is 9.90. The summed E-state index contributed by atoms with van der Waals surface area (Å²) in [6.07, 6.45) is 7.61. The molecule has 2 fully saturated rings. The van der Waals surface area contributed by atoms with Crippen molar-refractivity contribution in [2.75, 3.05) is 33.2 Å². The Balaban J connectivity index is 0.000000140. The van der Waals surface area contributed by atoms with E-state index in [-0.39, 0.29) is 0 Å². The van der Waals surface area contributed by atoms with Crippen LogP contribution in [0, 0.1) is 0 Å². The molecule has 3 heteroatoms. The van der Waals surface area contributed by atoms with Crippen molar-refractivity contribution in [1.82, 2.24) is 0 Å². The van der Waals surface area contributed by atoms with E-state index in [1.807, 2.05) is 0 Å². The highest BCUT2D eigenvalue weighted by molar-refractivity contribution is 4.46. The van der Waals surface area contributed by atoms with Gasteiger partial charge in [-0.05, 0) is 25.7 Å². The lowest BCUT2D eigenvalue weighted by atomic mass is 10.2. The molecule has 0 amide bonds. The van der Waals surface area contributed by atoms with E-state index in [0.717, 1.165) is 39.3 Å². The van der Waals surface area contributed by atoms with Crippen molar-refractivity contribution in [2.45, 2.75) is 38.5 Å². The predicted octanol–water partition coefficient (Wildman–Crippen LogP) is 2.35. The van der Waals surface area contributed by atoms with E-state index < -0.39 is 0 Å². The van der Waals surface area contributed by atoms with Gasteiger partial charge in [0.05, 0.1) is 0 Å². The Morgan fingerprint density at radius 3 is 1.43 bits per heavy atom. The molecule has 2 saturated heterocycles. The first kappa shape index (κ1) is 12.0. The highest BCUT2D eigenvalue weighted by atomic mass is 16.7. The molecule has 0 N–H and O–H groups in total. The van der Waals surface area contributed by atoms with Gasteiger partial charge in [0.25, 0.3) is 0 Å². The fraction of sp³-hybridized carbons (Fsp3) is 1.00. The van der Waals surface area contributed by atoms with Crippen LogP contribution in [0.1, 0.15) is 38.5 Å². The van der Waals surface area contributed by atoms with Gasteiger partial charge in [-0.1, -0.05) is 12.8 Å². The summed E-state index contributed by atoms with van der Waals surface area (Å²) in [5.74, 6) is 0. The minimum atomic E-state index is 0.500. The van der Waals surface area contributed by atoms with Gasteiger partial charge < -0.3 is 14.2 Å². The molecule has 0 aromatic rings. The predicted molar refractivity (Wildman–Crippen MR) is 55.3 cm³/mol. The highest BCUT2D eigenvalue weighted by Crippen LogP contribution is 2.04. The molecule has 0 aromatic heterocycles. The largest absolute Gasteiger partial charge is 0.381 e. The van der Waals surface area contributed by atoms with Crippen LogP contribution in [0.5, 0.6) is 0 Å². The minimum absolute atomic E-state index is 0.500. The summed E-state index contributed by atoms with van der Waals surface area (Å²) in [7, 11) is 0. The molecule has 0 unspecified atom stereocenters. The molecule has 0 saturated carbocycles. The normalized spacial score (nSPS) is 24.0. The Bertz CT molecular complexity index is 63.8. The van der Waals surface area contributed by atoms with E-state index in [1.54, 1.807) is 0 Å². The van der Waals surface area contributed by atoms with Crippen LogP contribution in [0.3, 0.4) is 0 Å². The minimum Gasteiger partial charge on any atom is -0.381 e. The van der Waals surface area contributed by atoms with Gasteiger partial charge in [0, 0.05) is 26.4 Å². The van der Waals surface area contributed by atoms with E-state index in [1.165, 1.54) is 25.7 Å². The summed E-state index contributed by atoms with van der Waals surface area (Å²) in [5.41, 5.74) is 0. The summed E-state index contributed by atoms with van der Waals surface area (Å²) in [4.78, 5) is 0. The second-order valence-corrected chi connectivity index (χ2v) is 3.67. The SMILES string of the molecule is C1CCCOCC1.C1CCOCOC1. The van der Waals surface area contributed by atoms with Crippen molar-refractivity contribution in [3.05, 3.63) is 0 Å². The molecule has 84 valence electrons. The Kier molecular flexibility index (Phi) is 8.06. The van der Waals surface area contributed by atoms with Gasteiger partial charge in [-0.15, -0.1) is 0 Å². The van der Waals surface area contributed by atoms with Crippen molar-refractivity contribution in [2.24, 2.45) is 0 Å². The van der Waals surface area contributed by atoms with Gasteiger partial charge >= 0.3 is 0 Å². The van der Waals surface area contributed by atoms with Gasteiger partial charge in [0.1, 0.15) is 6.79 Å². The average Bonchev–Trinajstić information content (AvgIpc) is 2.68. The van der Waals surface area contributed by atoms with Gasteiger partial charge in [-0.25, -0.2) is 0 Å². The molecule has 2 aliphatic rings. The Morgan fingerprint density at radius 2 is 0.857 bits per heavy atom. The van der Waals surface area contributed by atoms with Crippen molar-refractivity contribution in [3.63, 3.8) is 0 Å². The Hall–Kier alpha value is -0.120. The Morgan fingerprint density at radius 1 is 0.429 bits per heavy atom. The van der Waals surface area contributed by atoms with Crippen molar-refractivity contribution >= 4 is 0 Å². The summed E-state index contributed by atoms with van der Waals surface area (Å²) >= 11 is 0. The molecule has 2 aliphatic heterocycles. The monoisotopic (exact) mass is 202 g/mol. The van der Waals surface area contributed by atoms with E-state index in [2.05, 4.69) is 0 Å². The third-order valence-corrected chi connectivity index (χ3v) is 2.32. The molecular weight excluding hydrogens is 180 g/mol. The lowest BCUT2D eigenvalue weighted by Gasteiger charge is -1.93. The van der Waals surface area contributed by atoms with Crippen LogP contribution in [-0.2, 0) is 14.2 Å². The average molecular weight is 202 g/mol. The third kappa shape index (κ3) is 7.30. The fourth-order valence-corrected chi connectivity index (χ4v) is 1.45. The number of hydrogen-bond acceptors (Lipinski definition) is 3. The van der Waals surface area contributed by atoms with Crippen LogP contribution in [0.25, 0.3) is 0 Å². The van der Waals surface area contributed by atoms with Crippen LogP contribution in [0.2, 0.25) is 0 Å². The molecular formula is C11H22O3. The van der Waals surface area contributed by atoms with E-state index in [4.69, 9.17) is 14.2 Å². The van der Waals surface area contributed by atoms with Gasteiger partial charge in [-0.3, -0.25) is 0 Å². The van der Waals surface area contributed by atoms with Crippen LogP contribution < -0.4 is 0 Å². The first-order valence-corrected chi connectivity index (χ1v) is 5.73. The van der Waals surface area contributed by atoms with Crippen LogP contribution in [0.4, 0.5) is 0 Å². The maximum Gasteiger partial charge on any atom is 0.146 e. The summed E-state index contributed by atoms with van der Waals surface area (Å²) in [6.45, 7) is 4.25. The highest BCUT2D eigenvalue weighted by Gasteiger charge is 1.95. The summed E-state index contributed by atoms with van der Waals surface area (Å²) in [5, 5.41) is 0. The molecule has 0 spiro atoms. The molecule has 2 heterocycles. The zero-order valence-electron chi connectivity index (χ0n) is 9.00. The van der Waals surface area contributed by atoms with E-state index >= 15 is 0 Å². The summed E-state index contributed by atoms with van der Waals surface area (Å²) in [6, 6.07) is 0. The number of hydrogen-bond donors (Lipinski definition) is 0. The second kappa shape index (κ2) is 9.44. The Labute approximate surface area is 86.7 Å². The molecule has 14 heavy (non-hydrogen) atoms. The van der Waals surface area contributed by atoms with E-state index in [9.17, 15) is 0 Å². The third-order valence-electron chi connectivity index (χ3n) is 2.32. The lowest BCUT2D eigenvalue weighted by Crippen LogP contribution is -1.93. The molecule has 0 aromatic carbocycles. The fourth-order valence-electron chi connectivity index (χ4n) is 1.45. The molecule has 2 rings (SSSR count). The molecule has 0 bridgehead atoms.